The van der Waals surface area contributed by atoms with Crippen molar-refractivity contribution in [3.05, 3.63) is 35.4 Å². The maximum absolute atomic E-state index is 12.7. The van der Waals surface area contributed by atoms with Crippen molar-refractivity contribution in [2.24, 2.45) is 5.73 Å². The number of nitrogens with two attached hydrogens (primary N) is 1. The Kier molecular flexibility index (Phi) is 5.75. The molecule has 0 aliphatic carbocycles. The molecule has 0 amide bonds. The van der Waals surface area contributed by atoms with Crippen molar-refractivity contribution in [2.45, 2.75) is 39.3 Å². The van der Waals surface area contributed by atoms with Crippen molar-refractivity contribution in [3.8, 4) is 0 Å². The zero-order valence-electron chi connectivity index (χ0n) is 12.7. The minimum Gasteiger partial charge on any atom is -0.326 e. The summed E-state index contributed by atoms with van der Waals surface area (Å²) in [7, 11) is -3.37. The minimum absolute atomic E-state index is 0.392. The van der Waals surface area contributed by atoms with Crippen LogP contribution in [-0.2, 0) is 23.3 Å². The first-order chi connectivity index (χ1) is 10.1. The van der Waals surface area contributed by atoms with Gasteiger partial charge in [-0.1, -0.05) is 37.6 Å². The van der Waals surface area contributed by atoms with Crippen LogP contribution < -0.4 is 5.73 Å². The molecule has 1 aromatic rings. The van der Waals surface area contributed by atoms with E-state index in [4.69, 9.17) is 5.73 Å². The van der Waals surface area contributed by atoms with Gasteiger partial charge in [0.25, 0.3) is 10.2 Å². The fraction of sp³-hybridized carbons (Fsp3) is 0.600. The molecular formula is C15H25N3O2S. The number of piperidine rings is 1. The fourth-order valence-corrected chi connectivity index (χ4v) is 4.39. The van der Waals surface area contributed by atoms with Crippen LogP contribution in [0.25, 0.3) is 0 Å². The molecule has 1 saturated heterocycles. The van der Waals surface area contributed by atoms with E-state index in [2.05, 4.69) is 0 Å². The molecule has 6 heteroatoms. The molecular weight excluding hydrogens is 286 g/mol. The number of hydrogen-bond acceptors (Lipinski definition) is 3. The van der Waals surface area contributed by atoms with Crippen molar-refractivity contribution in [2.75, 3.05) is 19.6 Å². The normalized spacial score (nSPS) is 17.3. The summed E-state index contributed by atoms with van der Waals surface area (Å²) in [6.07, 6.45) is 3.03. The quantitative estimate of drug-likeness (QED) is 0.869. The van der Waals surface area contributed by atoms with Crippen molar-refractivity contribution in [1.29, 1.82) is 0 Å². The number of benzene rings is 1. The summed E-state index contributed by atoms with van der Waals surface area (Å²) in [5.41, 5.74) is 7.73. The summed E-state index contributed by atoms with van der Waals surface area (Å²) in [6.45, 7) is 4.44. The Morgan fingerprint density at radius 2 is 1.76 bits per heavy atom. The van der Waals surface area contributed by atoms with Gasteiger partial charge in [-0.3, -0.25) is 0 Å². The van der Waals surface area contributed by atoms with E-state index in [0.29, 0.717) is 32.7 Å². The smallest absolute Gasteiger partial charge is 0.282 e. The molecule has 0 unspecified atom stereocenters. The van der Waals surface area contributed by atoms with Crippen LogP contribution >= 0.6 is 0 Å². The Morgan fingerprint density at radius 1 is 1.14 bits per heavy atom. The molecule has 1 heterocycles. The first kappa shape index (κ1) is 16.4. The van der Waals surface area contributed by atoms with Gasteiger partial charge in [-0.25, -0.2) is 0 Å². The Bertz CT molecular complexity index is 554. The van der Waals surface area contributed by atoms with Gasteiger partial charge in [-0.2, -0.15) is 17.0 Å². The van der Waals surface area contributed by atoms with E-state index in [0.717, 1.165) is 30.4 Å². The van der Waals surface area contributed by atoms with Crippen LogP contribution in [-0.4, -0.2) is 36.7 Å². The highest BCUT2D eigenvalue weighted by Crippen LogP contribution is 2.19. The second-order valence-corrected chi connectivity index (χ2v) is 7.29. The van der Waals surface area contributed by atoms with Gasteiger partial charge >= 0.3 is 0 Å². The summed E-state index contributed by atoms with van der Waals surface area (Å²) in [5.74, 6) is 0. The molecule has 1 fully saturated rings. The minimum atomic E-state index is -3.37. The van der Waals surface area contributed by atoms with Crippen molar-refractivity contribution in [1.82, 2.24) is 8.61 Å². The highest BCUT2D eigenvalue weighted by Gasteiger charge is 2.29. The van der Waals surface area contributed by atoms with Gasteiger partial charge in [0.05, 0.1) is 0 Å². The van der Waals surface area contributed by atoms with Crippen LogP contribution in [0.1, 0.15) is 37.3 Å². The van der Waals surface area contributed by atoms with Crippen molar-refractivity contribution < 1.29 is 8.42 Å². The average Bonchev–Trinajstić information content (AvgIpc) is 2.53. The largest absolute Gasteiger partial charge is 0.326 e. The third-order valence-electron chi connectivity index (χ3n) is 4.01. The summed E-state index contributed by atoms with van der Waals surface area (Å²) < 4.78 is 28.6. The van der Waals surface area contributed by atoms with E-state index in [9.17, 15) is 8.42 Å². The first-order valence-corrected chi connectivity index (χ1v) is 9.01. The van der Waals surface area contributed by atoms with Crippen LogP contribution in [0.3, 0.4) is 0 Å². The van der Waals surface area contributed by atoms with Crippen molar-refractivity contribution in [3.63, 3.8) is 0 Å². The van der Waals surface area contributed by atoms with E-state index >= 15 is 0 Å². The Balaban J connectivity index is 2.18. The molecule has 2 rings (SSSR count). The molecule has 0 bridgehead atoms. The Morgan fingerprint density at radius 3 is 2.33 bits per heavy atom. The highest BCUT2D eigenvalue weighted by molar-refractivity contribution is 7.86. The summed E-state index contributed by atoms with van der Waals surface area (Å²) in [5, 5.41) is 0. The molecule has 1 aliphatic rings. The molecule has 1 aromatic carbocycles. The van der Waals surface area contributed by atoms with Crippen LogP contribution in [0.2, 0.25) is 0 Å². The lowest BCUT2D eigenvalue weighted by Gasteiger charge is -2.31. The summed E-state index contributed by atoms with van der Waals surface area (Å²) >= 11 is 0. The molecule has 0 aromatic heterocycles. The number of rotatable bonds is 6. The molecule has 2 N–H and O–H groups in total. The predicted octanol–water partition coefficient (Wildman–Crippen LogP) is 1.70. The zero-order valence-corrected chi connectivity index (χ0v) is 13.5. The van der Waals surface area contributed by atoms with E-state index in [1.54, 1.807) is 8.61 Å². The van der Waals surface area contributed by atoms with Gasteiger partial charge in [-0.15, -0.1) is 0 Å². The third-order valence-corrected chi connectivity index (χ3v) is 6.06. The first-order valence-electron chi connectivity index (χ1n) is 7.61. The van der Waals surface area contributed by atoms with E-state index in [-0.39, 0.29) is 0 Å². The zero-order chi connectivity index (χ0) is 15.3. The van der Waals surface area contributed by atoms with Gasteiger partial charge in [-0.05, 0) is 24.0 Å². The fourth-order valence-electron chi connectivity index (χ4n) is 2.72. The number of hydrogen-bond donors (Lipinski definition) is 1. The average molecular weight is 311 g/mol. The topological polar surface area (TPSA) is 66.6 Å². The second-order valence-electron chi connectivity index (χ2n) is 5.37. The standard InChI is InChI=1S/C15H25N3O2S/c1-2-17(13-15-9-5-4-8-14(15)12-16)21(19,20)18-10-6-3-7-11-18/h4-5,8-9H,2-3,6-7,10-13,16H2,1H3. The second kappa shape index (κ2) is 7.35. The molecule has 5 nitrogen and oxygen atoms in total. The Hall–Kier alpha value is -0.950. The maximum atomic E-state index is 12.7. The molecule has 1 aliphatic heterocycles. The predicted molar refractivity (Wildman–Crippen MR) is 84.8 cm³/mol. The molecule has 0 saturated carbocycles. The van der Waals surface area contributed by atoms with Gasteiger partial charge in [0, 0.05) is 32.7 Å². The van der Waals surface area contributed by atoms with E-state index in [1.165, 1.54) is 0 Å². The lowest BCUT2D eigenvalue weighted by molar-refractivity contribution is 0.303. The Labute approximate surface area is 127 Å². The number of nitrogens with zero attached hydrogens (tertiary/aromatic N) is 2. The maximum Gasteiger partial charge on any atom is 0.282 e. The van der Waals surface area contributed by atoms with Crippen molar-refractivity contribution >= 4 is 10.2 Å². The van der Waals surface area contributed by atoms with Gasteiger partial charge in [0.1, 0.15) is 0 Å². The summed E-state index contributed by atoms with van der Waals surface area (Å²) in [4.78, 5) is 0. The molecule has 118 valence electrons. The molecule has 0 atom stereocenters. The van der Waals surface area contributed by atoms with Crippen LogP contribution in [0.4, 0.5) is 0 Å². The third kappa shape index (κ3) is 3.83. The van der Waals surface area contributed by atoms with Gasteiger partial charge in [0.15, 0.2) is 0 Å². The van der Waals surface area contributed by atoms with Gasteiger partial charge < -0.3 is 5.73 Å². The highest BCUT2D eigenvalue weighted by atomic mass is 32.2. The van der Waals surface area contributed by atoms with E-state index in [1.807, 2.05) is 31.2 Å². The summed E-state index contributed by atoms with van der Waals surface area (Å²) in [6, 6.07) is 7.77. The van der Waals surface area contributed by atoms with Crippen LogP contribution in [0, 0.1) is 0 Å². The molecule has 0 spiro atoms. The monoisotopic (exact) mass is 311 g/mol. The SMILES string of the molecule is CCN(Cc1ccccc1CN)S(=O)(=O)N1CCCCC1. The van der Waals surface area contributed by atoms with Crippen LogP contribution in [0.15, 0.2) is 24.3 Å². The van der Waals surface area contributed by atoms with E-state index < -0.39 is 10.2 Å². The molecule has 0 radical (unpaired) electrons. The lowest BCUT2D eigenvalue weighted by Crippen LogP contribution is -2.45. The van der Waals surface area contributed by atoms with Gasteiger partial charge in [0.2, 0.25) is 0 Å². The molecule has 21 heavy (non-hydrogen) atoms. The van der Waals surface area contributed by atoms with Crippen LogP contribution in [0.5, 0.6) is 0 Å². The lowest BCUT2D eigenvalue weighted by atomic mass is 10.1.